The van der Waals surface area contributed by atoms with Crippen LogP contribution in [0.4, 0.5) is 0 Å². The van der Waals surface area contributed by atoms with Gasteiger partial charge in [-0.25, -0.2) is 0 Å². The van der Waals surface area contributed by atoms with E-state index in [2.05, 4.69) is 38.0 Å². The molecule has 3 heteroatoms. The van der Waals surface area contributed by atoms with Gasteiger partial charge < -0.3 is 10.1 Å². The maximum absolute atomic E-state index is 5.71. The van der Waals surface area contributed by atoms with Gasteiger partial charge in [0, 0.05) is 18.6 Å². The smallest absolute Gasteiger partial charge is 0.0596 e. The number of hydrogen-bond acceptors (Lipinski definition) is 3. The Bertz CT molecular complexity index is 231. The predicted octanol–water partition coefficient (Wildman–Crippen LogP) is 3.43. The van der Waals surface area contributed by atoms with Crippen LogP contribution in [0.3, 0.4) is 0 Å². The van der Waals surface area contributed by atoms with Crippen LogP contribution in [0.15, 0.2) is 0 Å². The molecule has 0 amide bonds. The molecule has 0 aromatic rings. The second kappa shape index (κ2) is 10.6. The molecule has 0 bridgehead atoms. The fourth-order valence-corrected chi connectivity index (χ4v) is 3.16. The molecule has 0 radical (unpaired) electrons. The summed E-state index contributed by atoms with van der Waals surface area (Å²) in [6.45, 7) is 9.53. The molecule has 0 aromatic heterocycles. The average molecular weight is 284 g/mol. The summed E-state index contributed by atoms with van der Waals surface area (Å²) in [6, 6.07) is 1.34. The van der Waals surface area contributed by atoms with Gasteiger partial charge >= 0.3 is 0 Å². The van der Waals surface area contributed by atoms with E-state index in [1.165, 1.54) is 44.9 Å². The van der Waals surface area contributed by atoms with Gasteiger partial charge in [-0.3, -0.25) is 4.90 Å². The molecular weight excluding hydrogens is 248 g/mol. The van der Waals surface area contributed by atoms with Gasteiger partial charge in [-0.15, -0.1) is 0 Å². The largest absolute Gasteiger partial charge is 0.377 e. The minimum absolute atomic E-state index is 0.342. The summed E-state index contributed by atoms with van der Waals surface area (Å²) in [5.41, 5.74) is 0. The third-order valence-corrected chi connectivity index (χ3v) is 4.35. The van der Waals surface area contributed by atoms with Crippen molar-refractivity contribution in [2.24, 2.45) is 0 Å². The Kier molecular flexibility index (Phi) is 9.49. The maximum atomic E-state index is 5.71. The molecule has 120 valence electrons. The van der Waals surface area contributed by atoms with E-state index < -0.39 is 0 Å². The Morgan fingerprint density at radius 2 is 1.85 bits per heavy atom. The molecule has 3 nitrogen and oxygen atoms in total. The second-order valence-electron chi connectivity index (χ2n) is 6.52. The zero-order valence-electron chi connectivity index (χ0n) is 14.2. The van der Waals surface area contributed by atoms with Crippen molar-refractivity contribution in [2.75, 3.05) is 26.7 Å². The maximum Gasteiger partial charge on any atom is 0.0596 e. The van der Waals surface area contributed by atoms with Gasteiger partial charge in [0.05, 0.1) is 12.7 Å². The van der Waals surface area contributed by atoms with Crippen LogP contribution in [-0.2, 0) is 4.74 Å². The summed E-state index contributed by atoms with van der Waals surface area (Å²) < 4.78 is 5.71. The number of hydrogen-bond donors (Lipinski definition) is 1. The van der Waals surface area contributed by atoms with Crippen molar-refractivity contribution in [3.63, 3.8) is 0 Å². The summed E-state index contributed by atoms with van der Waals surface area (Å²) in [4.78, 5) is 2.53. The van der Waals surface area contributed by atoms with E-state index in [9.17, 15) is 0 Å². The standard InChI is InChI=1S/C17H36N2O/c1-5-12-18-16-10-8-6-7-9-11-17(16)19(4)13-14-20-15(2)3/h15-18H,5-14H2,1-4H3. The van der Waals surface area contributed by atoms with E-state index in [0.717, 1.165) is 19.7 Å². The van der Waals surface area contributed by atoms with Gasteiger partial charge in [0.2, 0.25) is 0 Å². The topological polar surface area (TPSA) is 24.5 Å². The second-order valence-corrected chi connectivity index (χ2v) is 6.52. The number of likely N-dealkylation sites (N-methyl/N-ethyl adjacent to an activating group) is 1. The molecule has 1 N–H and O–H groups in total. The molecule has 0 aromatic carbocycles. The van der Waals surface area contributed by atoms with E-state index >= 15 is 0 Å². The summed E-state index contributed by atoms with van der Waals surface area (Å²) in [7, 11) is 2.27. The van der Waals surface area contributed by atoms with Gasteiger partial charge in [-0.1, -0.05) is 32.6 Å². The van der Waals surface area contributed by atoms with Crippen LogP contribution in [0.1, 0.15) is 65.7 Å². The Hall–Kier alpha value is -0.120. The van der Waals surface area contributed by atoms with Crippen molar-refractivity contribution >= 4 is 0 Å². The Labute approximate surface area is 126 Å². The lowest BCUT2D eigenvalue weighted by Crippen LogP contribution is -2.50. The first-order valence-corrected chi connectivity index (χ1v) is 8.70. The van der Waals surface area contributed by atoms with Crippen LogP contribution in [0.2, 0.25) is 0 Å². The summed E-state index contributed by atoms with van der Waals surface area (Å²) in [6.07, 6.45) is 9.82. The van der Waals surface area contributed by atoms with Crippen LogP contribution in [0.25, 0.3) is 0 Å². The summed E-state index contributed by atoms with van der Waals surface area (Å²) in [5, 5.41) is 3.79. The van der Waals surface area contributed by atoms with Crippen LogP contribution in [0, 0.1) is 0 Å². The molecule has 20 heavy (non-hydrogen) atoms. The highest BCUT2D eigenvalue weighted by molar-refractivity contribution is 4.85. The number of nitrogens with zero attached hydrogens (tertiary/aromatic N) is 1. The third kappa shape index (κ3) is 7.05. The van der Waals surface area contributed by atoms with Gasteiger partial charge in [-0.2, -0.15) is 0 Å². The third-order valence-electron chi connectivity index (χ3n) is 4.35. The van der Waals surface area contributed by atoms with E-state index in [-0.39, 0.29) is 0 Å². The fraction of sp³-hybridized carbons (Fsp3) is 1.00. The number of ether oxygens (including phenoxy) is 1. The Morgan fingerprint density at radius 3 is 2.50 bits per heavy atom. The lowest BCUT2D eigenvalue weighted by atomic mass is 9.91. The molecule has 1 fully saturated rings. The SMILES string of the molecule is CCCNC1CCCCCCC1N(C)CCOC(C)C. The van der Waals surface area contributed by atoms with Gasteiger partial charge in [0.25, 0.3) is 0 Å². The molecule has 0 spiro atoms. The fourth-order valence-electron chi connectivity index (χ4n) is 3.16. The monoisotopic (exact) mass is 284 g/mol. The molecule has 0 saturated heterocycles. The highest BCUT2D eigenvalue weighted by Crippen LogP contribution is 2.21. The van der Waals surface area contributed by atoms with Crippen LogP contribution >= 0.6 is 0 Å². The van der Waals surface area contributed by atoms with E-state index in [4.69, 9.17) is 4.74 Å². The minimum Gasteiger partial charge on any atom is -0.377 e. The lowest BCUT2D eigenvalue weighted by molar-refractivity contribution is 0.0482. The van der Waals surface area contributed by atoms with Crippen LogP contribution in [0.5, 0.6) is 0 Å². The van der Waals surface area contributed by atoms with Crippen molar-refractivity contribution in [3.8, 4) is 0 Å². The zero-order chi connectivity index (χ0) is 14.8. The number of nitrogens with one attached hydrogen (secondary N) is 1. The summed E-state index contributed by atoms with van der Waals surface area (Å²) >= 11 is 0. The zero-order valence-corrected chi connectivity index (χ0v) is 14.2. The van der Waals surface area contributed by atoms with Gasteiger partial charge in [0.1, 0.15) is 0 Å². The Balaban J connectivity index is 2.47. The first-order chi connectivity index (χ1) is 9.65. The molecule has 2 atom stereocenters. The molecule has 0 aliphatic heterocycles. The average Bonchev–Trinajstić information content (AvgIpc) is 2.37. The van der Waals surface area contributed by atoms with E-state index in [1.54, 1.807) is 0 Å². The quantitative estimate of drug-likeness (QED) is 0.739. The molecular formula is C17H36N2O. The van der Waals surface area contributed by atoms with Crippen LogP contribution in [-0.4, -0.2) is 49.8 Å². The van der Waals surface area contributed by atoms with Crippen molar-refractivity contribution in [3.05, 3.63) is 0 Å². The lowest BCUT2D eigenvalue weighted by Gasteiger charge is -2.37. The molecule has 0 heterocycles. The highest BCUT2D eigenvalue weighted by atomic mass is 16.5. The van der Waals surface area contributed by atoms with E-state index in [1.807, 2.05) is 0 Å². The van der Waals surface area contributed by atoms with Crippen molar-refractivity contribution in [1.29, 1.82) is 0 Å². The normalized spacial score (nSPS) is 24.9. The van der Waals surface area contributed by atoms with Crippen molar-refractivity contribution in [2.45, 2.75) is 83.9 Å². The van der Waals surface area contributed by atoms with Gasteiger partial charge in [-0.05, 0) is 46.7 Å². The van der Waals surface area contributed by atoms with Crippen molar-refractivity contribution in [1.82, 2.24) is 10.2 Å². The summed E-state index contributed by atoms with van der Waals surface area (Å²) in [5.74, 6) is 0. The molecule has 1 saturated carbocycles. The molecule has 1 aliphatic carbocycles. The first-order valence-electron chi connectivity index (χ1n) is 8.70. The molecule has 1 rings (SSSR count). The molecule has 1 aliphatic rings. The number of rotatable bonds is 8. The van der Waals surface area contributed by atoms with Crippen LogP contribution < -0.4 is 5.32 Å². The first kappa shape index (κ1) is 17.9. The molecule has 2 unspecified atom stereocenters. The predicted molar refractivity (Wildman–Crippen MR) is 87.3 cm³/mol. The highest BCUT2D eigenvalue weighted by Gasteiger charge is 2.25. The Morgan fingerprint density at radius 1 is 1.15 bits per heavy atom. The van der Waals surface area contributed by atoms with Crippen molar-refractivity contribution < 1.29 is 4.74 Å². The van der Waals surface area contributed by atoms with Gasteiger partial charge in [0.15, 0.2) is 0 Å². The minimum atomic E-state index is 0.342. The van der Waals surface area contributed by atoms with E-state index in [0.29, 0.717) is 18.2 Å².